The van der Waals surface area contributed by atoms with Crippen molar-refractivity contribution in [3.8, 4) is 11.4 Å². The molecule has 1 aliphatic heterocycles. The summed E-state index contributed by atoms with van der Waals surface area (Å²) in [5.74, 6) is 0.267. The monoisotopic (exact) mass is 427 g/mol. The number of methoxy groups -OCH3 is 1. The van der Waals surface area contributed by atoms with E-state index in [0.717, 1.165) is 22.5 Å². The van der Waals surface area contributed by atoms with E-state index in [1.54, 1.807) is 36.3 Å². The van der Waals surface area contributed by atoms with Gasteiger partial charge in [0.2, 0.25) is 0 Å². The Morgan fingerprint density at radius 3 is 2.53 bits per heavy atom. The molecule has 0 unspecified atom stereocenters. The van der Waals surface area contributed by atoms with E-state index in [9.17, 15) is 9.18 Å². The third-order valence-electron chi connectivity index (χ3n) is 5.76. The summed E-state index contributed by atoms with van der Waals surface area (Å²) in [5, 5.41) is 3.00. The molecule has 0 bridgehead atoms. The maximum absolute atomic E-state index is 13.7. The lowest BCUT2D eigenvalue weighted by Crippen LogP contribution is -2.38. The third kappa shape index (κ3) is 3.50. The van der Waals surface area contributed by atoms with E-state index in [0.29, 0.717) is 18.0 Å². The number of fused-ring (bicyclic) bond motifs is 3. The molecule has 1 aromatic heterocycles. The first-order chi connectivity index (χ1) is 15.7. The number of anilines is 1. The van der Waals surface area contributed by atoms with Crippen molar-refractivity contribution in [3.63, 3.8) is 0 Å². The fraction of sp³-hybridized carbons (Fsp3) is 0.115. The summed E-state index contributed by atoms with van der Waals surface area (Å²) in [6, 6.07) is 24.9. The van der Waals surface area contributed by atoms with Gasteiger partial charge in [-0.05, 0) is 53.6 Å². The highest BCUT2D eigenvalue weighted by Crippen LogP contribution is 2.37. The predicted octanol–water partition coefficient (Wildman–Crippen LogP) is 5.76. The van der Waals surface area contributed by atoms with Crippen LogP contribution in [0.2, 0.25) is 0 Å². The summed E-state index contributed by atoms with van der Waals surface area (Å²) in [5.41, 5.74) is 4.38. The van der Waals surface area contributed by atoms with Gasteiger partial charge in [0.1, 0.15) is 11.6 Å². The Morgan fingerprint density at radius 2 is 1.72 bits per heavy atom. The van der Waals surface area contributed by atoms with Crippen molar-refractivity contribution in [2.45, 2.75) is 12.6 Å². The molecular formula is C26H22FN3O2. The van der Waals surface area contributed by atoms with Gasteiger partial charge in [-0.1, -0.05) is 42.5 Å². The SMILES string of the molecule is COc1ccccc1NC(=O)N1Cc2ccccc2-n2cccc2[C@@H]1c1ccc(F)cc1. The third-order valence-corrected chi connectivity index (χ3v) is 5.76. The first-order valence-electron chi connectivity index (χ1n) is 10.4. The summed E-state index contributed by atoms with van der Waals surface area (Å²) in [7, 11) is 1.57. The Kier molecular flexibility index (Phi) is 5.11. The fourth-order valence-corrected chi connectivity index (χ4v) is 4.27. The number of nitrogens with one attached hydrogen (secondary N) is 1. The predicted molar refractivity (Wildman–Crippen MR) is 122 cm³/mol. The number of amides is 2. The van der Waals surface area contributed by atoms with Gasteiger partial charge in [0, 0.05) is 11.9 Å². The minimum atomic E-state index is -0.410. The average Bonchev–Trinajstić information content (AvgIpc) is 3.24. The molecule has 3 aromatic carbocycles. The lowest BCUT2D eigenvalue weighted by molar-refractivity contribution is 0.194. The van der Waals surface area contributed by atoms with Gasteiger partial charge in [-0.2, -0.15) is 0 Å². The Bertz CT molecular complexity index is 1270. The van der Waals surface area contributed by atoms with Crippen molar-refractivity contribution in [1.82, 2.24) is 9.47 Å². The normalized spacial score (nSPS) is 14.8. The van der Waals surface area contributed by atoms with Crippen LogP contribution in [0.3, 0.4) is 0 Å². The van der Waals surface area contributed by atoms with Crippen LogP contribution >= 0.6 is 0 Å². The minimum absolute atomic E-state index is 0.270. The molecule has 2 heterocycles. The molecule has 5 nitrogen and oxygen atoms in total. The molecule has 32 heavy (non-hydrogen) atoms. The molecule has 0 aliphatic carbocycles. The Hall–Kier alpha value is -4.06. The highest BCUT2D eigenvalue weighted by atomic mass is 19.1. The van der Waals surface area contributed by atoms with Crippen molar-refractivity contribution >= 4 is 11.7 Å². The van der Waals surface area contributed by atoms with Gasteiger partial charge in [0.25, 0.3) is 0 Å². The number of hydrogen-bond donors (Lipinski definition) is 1. The lowest BCUT2D eigenvalue weighted by atomic mass is 10.0. The van der Waals surface area contributed by atoms with Crippen molar-refractivity contribution in [2.75, 3.05) is 12.4 Å². The van der Waals surface area contributed by atoms with E-state index < -0.39 is 6.04 Å². The second-order valence-corrected chi connectivity index (χ2v) is 7.64. The second-order valence-electron chi connectivity index (χ2n) is 7.64. The van der Waals surface area contributed by atoms with Crippen LogP contribution in [0, 0.1) is 5.82 Å². The van der Waals surface area contributed by atoms with E-state index in [4.69, 9.17) is 4.74 Å². The Morgan fingerprint density at radius 1 is 0.969 bits per heavy atom. The molecular weight excluding hydrogens is 405 g/mol. The molecule has 2 amide bonds. The summed E-state index contributed by atoms with van der Waals surface area (Å²) >= 11 is 0. The molecule has 0 saturated heterocycles. The van der Waals surface area contributed by atoms with Crippen LogP contribution in [0.1, 0.15) is 22.9 Å². The number of rotatable bonds is 3. The molecule has 0 radical (unpaired) electrons. The molecule has 1 atom stereocenters. The molecule has 0 spiro atoms. The largest absolute Gasteiger partial charge is 0.495 e. The van der Waals surface area contributed by atoms with Gasteiger partial charge in [-0.15, -0.1) is 0 Å². The highest BCUT2D eigenvalue weighted by molar-refractivity contribution is 5.91. The Balaban J connectivity index is 1.63. The van der Waals surface area contributed by atoms with E-state index in [-0.39, 0.29) is 11.8 Å². The highest BCUT2D eigenvalue weighted by Gasteiger charge is 2.33. The summed E-state index contributed by atoms with van der Waals surface area (Å²) in [6.45, 7) is 0.390. The van der Waals surface area contributed by atoms with Gasteiger partial charge in [0.05, 0.1) is 31.1 Å². The molecule has 1 N–H and O–H groups in total. The van der Waals surface area contributed by atoms with E-state index in [1.807, 2.05) is 54.7 Å². The number of para-hydroxylation sites is 3. The standard InChI is InChI=1S/C26H22FN3O2/c1-32-24-11-5-3-8-21(24)28-26(31)30-17-19-7-2-4-9-22(19)29-16-6-10-23(29)25(30)18-12-14-20(27)15-13-18/h2-16,25H,17H2,1H3,(H,28,31)/t25-/m0/s1. The molecule has 1 aliphatic rings. The number of halogens is 1. The topological polar surface area (TPSA) is 46.5 Å². The van der Waals surface area contributed by atoms with Crippen LogP contribution < -0.4 is 10.1 Å². The van der Waals surface area contributed by atoms with Gasteiger partial charge in [0.15, 0.2) is 0 Å². The van der Waals surface area contributed by atoms with Crippen molar-refractivity contribution in [1.29, 1.82) is 0 Å². The van der Waals surface area contributed by atoms with E-state index in [1.165, 1.54) is 12.1 Å². The summed E-state index contributed by atoms with van der Waals surface area (Å²) in [4.78, 5) is 15.4. The number of ether oxygens (including phenoxy) is 1. The number of nitrogens with zero attached hydrogens (tertiary/aromatic N) is 2. The van der Waals surface area contributed by atoms with Crippen molar-refractivity contribution in [2.24, 2.45) is 0 Å². The maximum atomic E-state index is 13.7. The zero-order valence-corrected chi connectivity index (χ0v) is 17.5. The number of urea groups is 1. The molecule has 0 saturated carbocycles. The van der Waals surface area contributed by atoms with Crippen LogP contribution in [0.5, 0.6) is 5.75 Å². The number of carbonyl (C=O) groups excluding carboxylic acids is 1. The molecule has 160 valence electrons. The summed E-state index contributed by atoms with van der Waals surface area (Å²) < 4.78 is 21.2. The number of benzene rings is 3. The number of hydrogen-bond acceptors (Lipinski definition) is 2. The molecule has 0 fully saturated rings. The zero-order valence-electron chi connectivity index (χ0n) is 17.5. The average molecular weight is 427 g/mol. The van der Waals surface area contributed by atoms with E-state index >= 15 is 0 Å². The maximum Gasteiger partial charge on any atom is 0.323 e. The van der Waals surface area contributed by atoms with Crippen molar-refractivity contribution in [3.05, 3.63) is 114 Å². The number of carbonyl (C=O) groups is 1. The fourth-order valence-electron chi connectivity index (χ4n) is 4.27. The Labute approximate surface area is 185 Å². The van der Waals surface area contributed by atoms with Gasteiger partial charge >= 0.3 is 6.03 Å². The van der Waals surface area contributed by atoms with Crippen LogP contribution in [-0.2, 0) is 6.54 Å². The van der Waals surface area contributed by atoms with Crippen LogP contribution in [-0.4, -0.2) is 22.6 Å². The van der Waals surface area contributed by atoms with Crippen molar-refractivity contribution < 1.29 is 13.9 Å². The molecule has 5 rings (SSSR count). The second kappa shape index (κ2) is 8.23. The lowest BCUT2D eigenvalue weighted by Gasteiger charge is -2.31. The van der Waals surface area contributed by atoms with Crippen LogP contribution in [0.15, 0.2) is 91.1 Å². The quantitative estimate of drug-likeness (QED) is 0.452. The van der Waals surface area contributed by atoms with Gasteiger partial charge < -0.3 is 19.5 Å². The summed E-state index contributed by atoms with van der Waals surface area (Å²) in [6.07, 6.45) is 1.99. The minimum Gasteiger partial charge on any atom is -0.495 e. The van der Waals surface area contributed by atoms with Crippen LogP contribution in [0.25, 0.3) is 5.69 Å². The first-order valence-corrected chi connectivity index (χ1v) is 10.4. The van der Waals surface area contributed by atoms with Crippen LogP contribution in [0.4, 0.5) is 14.9 Å². The smallest absolute Gasteiger partial charge is 0.323 e. The van der Waals surface area contributed by atoms with Gasteiger partial charge in [-0.25, -0.2) is 9.18 Å². The van der Waals surface area contributed by atoms with E-state index in [2.05, 4.69) is 9.88 Å². The molecule has 4 aromatic rings. The molecule has 6 heteroatoms. The number of aromatic nitrogens is 1. The zero-order chi connectivity index (χ0) is 22.1. The van der Waals surface area contributed by atoms with Gasteiger partial charge in [-0.3, -0.25) is 0 Å². The first kappa shape index (κ1) is 19.9.